The van der Waals surface area contributed by atoms with Gasteiger partial charge in [-0.3, -0.25) is 0 Å². The minimum absolute atomic E-state index is 0.0928. The summed E-state index contributed by atoms with van der Waals surface area (Å²) in [5.74, 6) is -4.48. The molecule has 0 spiro atoms. The van der Waals surface area contributed by atoms with Crippen molar-refractivity contribution in [3.05, 3.63) is 29.6 Å². The predicted octanol–water partition coefficient (Wildman–Crippen LogP) is 2.79. The van der Waals surface area contributed by atoms with Crippen LogP contribution in [0, 0.1) is 28.8 Å². The SMILES string of the molecule is N#CCCCOc1ccc(F)c(F)c1F. The number of hydrogen-bond donors (Lipinski definition) is 0. The Labute approximate surface area is 84.9 Å². The first kappa shape index (κ1) is 11.4. The van der Waals surface area contributed by atoms with E-state index in [4.69, 9.17) is 10.00 Å². The van der Waals surface area contributed by atoms with Crippen molar-refractivity contribution >= 4 is 0 Å². The maximum atomic E-state index is 13.0. The molecule has 0 saturated carbocycles. The predicted molar refractivity (Wildman–Crippen MR) is 46.7 cm³/mol. The van der Waals surface area contributed by atoms with Crippen molar-refractivity contribution in [2.75, 3.05) is 6.61 Å². The van der Waals surface area contributed by atoms with Gasteiger partial charge in [0.2, 0.25) is 5.82 Å². The van der Waals surface area contributed by atoms with Gasteiger partial charge in [0.05, 0.1) is 12.7 Å². The summed E-state index contributed by atoms with van der Waals surface area (Å²) in [6, 6.07) is 3.68. The van der Waals surface area contributed by atoms with Crippen LogP contribution in [0.2, 0.25) is 0 Å². The number of unbranched alkanes of at least 4 members (excludes halogenated alkanes) is 1. The first-order valence-electron chi connectivity index (χ1n) is 4.30. The van der Waals surface area contributed by atoms with Crippen molar-refractivity contribution < 1.29 is 17.9 Å². The Morgan fingerprint density at radius 3 is 2.60 bits per heavy atom. The zero-order valence-corrected chi connectivity index (χ0v) is 7.77. The molecule has 0 aliphatic rings. The highest BCUT2D eigenvalue weighted by molar-refractivity contribution is 5.26. The Balaban J connectivity index is 2.63. The van der Waals surface area contributed by atoms with Crippen LogP contribution < -0.4 is 4.74 Å². The van der Waals surface area contributed by atoms with Gasteiger partial charge in [-0.2, -0.15) is 9.65 Å². The van der Waals surface area contributed by atoms with Gasteiger partial charge in [0.25, 0.3) is 0 Å². The van der Waals surface area contributed by atoms with Crippen LogP contribution in [-0.4, -0.2) is 6.61 Å². The molecule has 0 saturated heterocycles. The Bertz CT molecular complexity index is 387. The van der Waals surface area contributed by atoms with E-state index in [1.807, 2.05) is 6.07 Å². The summed E-state index contributed by atoms with van der Waals surface area (Å²) >= 11 is 0. The van der Waals surface area contributed by atoms with Gasteiger partial charge < -0.3 is 4.74 Å². The summed E-state index contributed by atoms with van der Waals surface area (Å²) in [5.41, 5.74) is 0. The molecule has 15 heavy (non-hydrogen) atoms. The second-order valence-corrected chi connectivity index (χ2v) is 2.78. The molecule has 1 aromatic carbocycles. The summed E-state index contributed by atoms with van der Waals surface area (Å²) < 4.78 is 43.0. The lowest BCUT2D eigenvalue weighted by molar-refractivity contribution is 0.288. The second kappa shape index (κ2) is 5.25. The molecule has 2 nitrogen and oxygen atoms in total. The van der Waals surface area contributed by atoms with Gasteiger partial charge in [0, 0.05) is 6.42 Å². The molecular weight excluding hydrogens is 207 g/mol. The van der Waals surface area contributed by atoms with Gasteiger partial charge in [-0.05, 0) is 18.6 Å². The van der Waals surface area contributed by atoms with Gasteiger partial charge in [0.1, 0.15) is 0 Å². The van der Waals surface area contributed by atoms with Crippen LogP contribution in [0.3, 0.4) is 0 Å². The lowest BCUT2D eigenvalue weighted by Crippen LogP contribution is -2.01. The van der Waals surface area contributed by atoms with Gasteiger partial charge in [-0.25, -0.2) is 8.78 Å². The normalized spacial score (nSPS) is 9.73. The van der Waals surface area contributed by atoms with Crippen molar-refractivity contribution in [1.82, 2.24) is 0 Å². The highest BCUT2D eigenvalue weighted by Crippen LogP contribution is 2.21. The van der Waals surface area contributed by atoms with Crippen LogP contribution in [0.1, 0.15) is 12.8 Å². The van der Waals surface area contributed by atoms with E-state index in [1.165, 1.54) is 0 Å². The van der Waals surface area contributed by atoms with E-state index in [2.05, 4.69) is 0 Å². The Hall–Kier alpha value is -1.70. The Morgan fingerprint density at radius 1 is 1.20 bits per heavy atom. The molecule has 1 rings (SSSR count). The summed E-state index contributed by atoms with van der Waals surface area (Å²) in [7, 11) is 0. The maximum Gasteiger partial charge on any atom is 0.203 e. The van der Waals surface area contributed by atoms with E-state index in [-0.39, 0.29) is 18.8 Å². The number of benzene rings is 1. The topological polar surface area (TPSA) is 33.0 Å². The number of hydrogen-bond acceptors (Lipinski definition) is 2. The van der Waals surface area contributed by atoms with Crippen LogP contribution in [0.25, 0.3) is 0 Å². The molecule has 0 N–H and O–H groups in total. The van der Waals surface area contributed by atoms with E-state index >= 15 is 0 Å². The van der Waals surface area contributed by atoms with E-state index in [0.29, 0.717) is 6.42 Å². The third-order valence-corrected chi connectivity index (χ3v) is 1.69. The van der Waals surface area contributed by atoms with E-state index in [1.54, 1.807) is 0 Å². The average Bonchev–Trinajstić information content (AvgIpc) is 2.24. The van der Waals surface area contributed by atoms with Gasteiger partial charge in [0.15, 0.2) is 17.4 Å². The summed E-state index contributed by atoms with van der Waals surface area (Å²) in [6.07, 6.45) is 0.681. The fraction of sp³-hybridized carbons (Fsp3) is 0.300. The summed E-state index contributed by atoms with van der Waals surface area (Å²) in [5, 5.41) is 8.21. The molecule has 0 fully saturated rings. The van der Waals surface area contributed by atoms with Crippen molar-refractivity contribution in [3.63, 3.8) is 0 Å². The molecule has 0 aliphatic carbocycles. The van der Waals surface area contributed by atoms with Crippen molar-refractivity contribution in [3.8, 4) is 11.8 Å². The number of nitrogens with zero attached hydrogens (tertiary/aromatic N) is 1. The van der Waals surface area contributed by atoms with Crippen LogP contribution in [-0.2, 0) is 0 Å². The number of halogens is 3. The molecule has 0 radical (unpaired) electrons. The molecule has 0 aromatic heterocycles. The molecule has 1 aromatic rings. The summed E-state index contributed by atoms with van der Waals surface area (Å²) in [4.78, 5) is 0. The van der Waals surface area contributed by atoms with Crippen LogP contribution in [0.4, 0.5) is 13.2 Å². The third-order valence-electron chi connectivity index (χ3n) is 1.69. The molecule has 0 bridgehead atoms. The fourth-order valence-electron chi connectivity index (χ4n) is 0.953. The number of nitriles is 1. The molecule has 5 heteroatoms. The molecule has 0 heterocycles. The van der Waals surface area contributed by atoms with Crippen LogP contribution in [0.5, 0.6) is 5.75 Å². The van der Waals surface area contributed by atoms with E-state index in [0.717, 1.165) is 12.1 Å². The van der Waals surface area contributed by atoms with Gasteiger partial charge in [-0.1, -0.05) is 0 Å². The minimum Gasteiger partial charge on any atom is -0.490 e. The van der Waals surface area contributed by atoms with Crippen LogP contribution in [0.15, 0.2) is 12.1 Å². The zero-order valence-electron chi connectivity index (χ0n) is 7.77. The first-order chi connectivity index (χ1) is 7.16. The quantitative estimate of drug-likeness (QED) is 0.571. The van der Waals surface area contributed by atoms with E-state index < -0.39 is 17.5 Å². The van der Waals surface area contributed by atoms with Gasteiger partial charge in [-0.15, -0.1) is 0 Å². The first-order valence-corrected chi connectivity index (χ1v) is 4.30. The second-order valence-electron chi connectivity index (χ2n) is 2.78. The third kappa shape index (κ3) is 2.88. The van der Waals surface area contributed by atoms with Crippen molar-refractivity contribution in [2.24, 2.45) is 0 Å². The van der Waals surface area contributed by atoms with Crippen molar-refractivity contribution in [2.45, 2.75) is 12.8 Å². The number of ether oxygens (including phenoxy) is 1. The fourth-order valence-corrected chi connectivity index (χ4v) is 0.953. The molecule has 0 atom stereocenters. The largest absolute Gasteiger partial charge is 0.490 e. The van der Waals surface area contributed by atoms with Gasteiger partial charge >= 0.3 is 0 Å². The van der Waals surface area contributed by atoms with E-state index in [9.17, 15) is 13.2 Å². The maximum absolute atomic E-state index is 13.0. The van der Waals surface area contributed by atoms with Crippen molar-refractivity contribution in [1.29, 1.82) is 5.26 Å². The monoisotopic (exact) mass is 215 g/mol. The Morgan fingerprint density at radius 2 is 1.93 bits per heavy atom. The molecule has 0 amide bonds. The Kier molecular flexibility index (Phi) is 3.98. The number of rotatable bonds is 4. The molecule has 0 unspecified atom stereocenters. The molecular formula is C10H8F3NO. The lowest BCUT2D eigenvalue weighted by atomic mass is 10.3. The van der Waals surface area contributed by atoms with Crippen LogP contribution >= 0.6 is 0 Å². The highest BCUT2D eigenvalue weighted by atomic mass is 19.2. The standard InChI is InChI=1S/C10H8F3NO/c11-7-3-4-8(10(13)9(7)12)15-6-2-1-5-14/h3-4H,1-2,6H2. The smallest absolute Gasteiger partial charge is 0.203 e. The zero-order chi connectivity index (χ0) is 11.3. The molecule has 80 valence electrons. The highest BCUT2D eigenvalue weighted by Gasteiger charge is 2.13. The summed E-state index contributed by atoms with van der Waals surface area (Å²) in [6.45, 7) is 0.0928. The minimum atomic E-state index is -1.55. The lowest BCUT2D eigenvalue weighted by Gasteiger charge is -2.06. The molecule has 0 aliphatic heterocycles. The average molecular weight is 215 g/mol.